The van der Waals surface area contributed by atoms with Crippen LogP contribution in [0.15, 0.2) is 18.2 Å². The van der Waals surface area contributed by atoms with Gasteiger partial charge in [-0.05, 0) is 68.2 Å². The normalized spacial score (nSPS) is 24.2. The fraction of sp³-hybridized carbons (Fsp3) is 0.550. The van der Waals surface area contributed by atoms with Crippen LogP contribution in [0.25, 0.3) is 0 Å². The quantitative estimate of drug-likeness (QED) is 0.921. The van der Waals surface area contributed by atoms with Crippen molar-refractivity contribution in [3.8, 4) is 6.07 Å². The summed E-state index contributed by atoms with van der Waals surface area (Å²) in [7, 11) is 0. The molecule has 1 saturated carbocycles. The number of nitrogens with one attached hydrogen (secondary N) is 1. The summed E-state index contributed by atoms with van der Waals surface area (Å²) in [6, 6.07) is 8.50. The number of aryl methyl sites for hydroxylation is 2. The number of carbonyl (C=O) groups is 2. The molecule has 3 aliphatic rings. The maximum Gasteiger partial charge on any atom is 0.227 e. The van der Waals surface area contributed by atoms with Gasteiger partial charge >= 0.3 is 0 Å². The number of carbonyl (C=O) groups excluding carboxylic acids is 2. The first-order valence-electron chi connectivity index (χ1n) is 9.26. The van der Waals surface area contributed by atoms with Gasteiger partial charge in [0.25, 0.3) is 0 Å². The monoisotopic (exact) mass is 337 g/mol. The Kier molecular flexibility index (Phi) is 3.99. The topological polar surface area (TPSA) is 73.2 Å². The lowest BCUT2D eigenvalue weighted by molar-refractivity contribution is -0.127. The summed E-state index contributed by atoms with van der Waals surface area (Å²) in [4.78, 5) is 26.8. The first-order valence-corrected chi connectivity index (χ1v) is 9.26. The molecule has 5 nitrogen and oxygen atoms in total. The molecule has 1 aromatic rings. The fourth-order valence-electron chi connectivity index (χ4n) is 4.44. The van der Waals surface area contributed by atoms with Gasteiger partial charge in [-0.25, -0.2) is 0 Å². The molecule has 0 radical (unpaired) electrons. The molecule has 25 heavy (non-hydrogen) atoms. The third-order valence-corrected chi connectivity index (χ3v) is 5.92. The molecule has 0 aromatic heterocycles. The number of fused-ring (bicyclic) bond motifs is 1. The number of rotatable bonds is 3. The maximum atomic E-state index is 12.6. The summed E-state index contributed by atoms with van der Waals surface area (Å²) >= 11 is 0. The van der Waals surface area contributed by atoms with Crippen LogP contribution >= 0.6 is 0 Å². The summed E-state index contributed by atoms with van der Waals surface area (Å²) in [5, 5.41) is 12.4. The van der Waals surface area contributed by atoms with E-state index in [9.17, 15) is 14.9 Å². The van der Waals surface area contributed by atoms with Crippen LogP contribution in [0.3, 0.4) is 0 Å². The summed E-state index contributed by atoms with van der Waals surface area (Å²) in [6.45, 7) is 0.408. The Morgan fingerprint density at radius 3 is 2.72 bits per heavy atom. The van der Waals surface area contributed by atoms with E-state index in [-0.39, 0.29) is 24.2 Å². The summed E-state index contributed by atoms with van der Waals surface area (Å²) < 4.78 is 0. The first kappa shape index (κ1) is 16.1. The average Bonchev–Trinajstić information content (AvgIpc) is 3.33. The van der Waals surface area contributed by atoms with Crippen molar-refractivity contribution in [1.82, 2.24) is 5.32 Å². The minimum absolute atomic E-state index is 0.00414. The molecular weight excluding hydrogens is 314 g/mol. The summed E-state index contributed by atoms with van der Waals surface area (Å²) in [5.41, 5.74) is 2.88. The Bertz CT molecular complexity index is 759. The molecule has 4 rings (SSSR count). The Morgan fingerprint density at radius 1 is 1.20 bits per heavy atom. The van der Waals surface area contributed by atoms with E-state index in [0.29, 0.717) is 19.4 Å². The fourth-order valence-corrected chi connectivity index (χ4v) is 4.44. The Labute approximate surface area is 148 Å². The van der Waals surface area contributed by atoms with Gasteiger partial charge in [0.15, 0.2) is 0 Å². The lowest BCUT2D eigenvalue weighted by Gasteiger charge is -2.24. The molecule has 2 aliphatic carbocycles. The van der Waals surface area contributed by atoms with E-state index in [1.807, 2.05) is 6.07 Å². The van der Waals surface area contributed by atoms with Crippen LogP contribution in [-0.2, 0) is 22.4 Å². The number of nitriles is 1. The predicted octanol–water partition coefficient (Wildman–Crippen LogP) is 2.48. The highest BCUT2D eigenvalue weighted by molar-refractivity contribution is 6.00. The van der Waals surface area contributed by atoms with Gasteiger partial charge in [-0.1, -0.05) is 6.07 Å². The third kappa shape index (κ3) is 2.90. The second-order valence-corrected chi connectivity index (χ2v) is 7.60. The van der Waals surface area contributed by atoms with Gasteiger partial charge in [0.05, 0.1) is 12.0 Å². The van der Waals surface area contributed by atoms with Crippen LogP contribution in [0, 0.1) is 17.2 Å². The SMILES string of the molecule is N#CC1(NC(=O)C2CC(=O)N(c3ccc4c(c3)CCC4)C2)CCCC1. The molecule has 1 atom stereocenters. The minimum Gasteiger partial charge on any atom is -0.338 e. The maximum absolute atomic E-state index is 12.6. The molecule has 1 saturated heterocycles. The average molecular weight is 337 g/mol. The van der Waals surface area contributed by atoms with Crippen molar-refractivity contribution in [1.29, 1.82) is 5.26 Å². The smallest absolute Gasteiger partial charge is 0.227 e. The van der Waals surface area contributed by atoms with Crippen LogP contribution in [0.1, 0.15) is 49.7 Å². The van der Waals surface area contributed by atoms with Crippen molar-refractivity contribution in [2.75, 3.05) is 11.4 Å². The Hall–Kier alpha value is -2.35. The van der Waals surface area contributed by atoms with E-state index in [1.54, 1.807) is 4.90 Å². The molecule has 1 aromatic carbocycles. The molecule has 1 aliphatic heterocycles. The van der Waals surface area contributed by atoms with Crippen LogP contribution in [-0.4, -0.2) is 23.9 Å². The number of benzene rings is 1. The number of nitrogens with zero attached hydrogens (tertiary/aromatic N) is 2. The van der Waals surface area contributed by atoms with Crippen molar-refractivity contribution in [2.45, 2.75) is 56.9 Å². The predicted molar refractivity (Wildman–Crippen MR) is 93.9 cm³/mol. The summed E-state index contributed by atoms with van der Waals surface area (Å²) in [6.07, 6.45) is 6.95. The van der Waals surface area contributed by atoms with E-state index in [1.165, 1.54) is 17.5 Å². The number of anilines is 1. The standard InChI is InChI=1S/C20H23N3O2/c21-13-20(8-1-2-9-20)22-19(25)16-11-18(24)23(12-16)17-7-6-14-4-3-5-15(14)10-17/h6-7,10,16H,1-5,8-9,11-12H2,(H,22,25). The van der Waals surface area contributed by atoms with Crippen LogP contribution in [0.5, 0.6) is 0 Å². The molecule has 2 amide bonds. The van der Waals surface area contributed by atoms with E-state index >= 15 is 0 Å². The van der Waals surface area contributed by atoms with Crippen molar-refractivity contribution in [3.05, 3.63) is 29.3 Å². The van der Waals surface area contributed by atoms with E-state index in [4.69, 9.17) is 0 Å². The molecule has 130 valence electrons. The zero-order valence-electron chi connectivity index (χ0n) is 14.4. The zero-order valence-corrected chi connectivity index (χ0v) is 14.4. The first-order chi connectivity index (χ1) is 12.1. The molecular formula is C20H23N3O2. The second-order valence-electron chi connectivity index (χ2n) is 7.60. The van der Waals surface area contributed by atoms with Crippen molar-refractivity contribution in [3.63, 3.8) is 0 Å². The Balaban J connectivity index is 1.47. The van der Waals surface area contributed by atoms with Gasteiger partial charge in [-0.15, -0.1) is 0 Å². The molecule has 1 N–H and O–H groups in total. The van der Waals surface area contributed by atoms with E-state index in [0.717, 1.165) is 31.4 Å². The molecule has 1 heterocycles. The number of amides is 2. The molecule has 0 spiro atoms. The van der Waals surface area contributed by atoms with E-state index < -0.39 is 5.54 Å². The largest absolute Gasteiger partial charge is 0.338 e. The molecule has 2 fully saturated rings. The molecule has 1 unspecified atom stereocenters. The van der Waals surface area contributed by atoms with Crippen molar-refractivity contribution in [2.24, 2.45) is 5.92 Å². The lowest BCUT2D eigenvalue weighted by Crippen LogP contribution is -2.48. The third-order valence-electron chi connectivity index (χ3n) is 5.92. The van der Waals surface area contributed by atoms with Crippen molar-refractivity contribution < 1.29 is 9.59 Å². The van der Waals surface area contributed by atoms with Crippen LogP contribution in [0.4, 0.5) is 5.69 Å². The van der Waals surface area contributed by atoms with E-state index in [2.05, 4.69) is 23.5 Å². The molecule has 5 heteroatoms. The second kappa shape index (κ2) is 6.18. The Morgan fingerprint density at radius 2 is 1.96 bits per heavy atom. The lowest BCUT2D eigenvalue weighted by atomic mass is 9.97. The van der Waals surface area contributed by atoms with Gasteiger partial charge in [-0.2, -0.15) is 5.26 Å². The van der Waals surface area contributed by atoms with Gasteiger partial charge < -0.3 is 10.2 Å². The summed E-state index contributed by atoms with van der Waals surface area (Å²) in [5.74, 6) is -0.525. The van der Waals surface area contributed by atoms with Crippen molar-refractivity contribution >= 4 is 17.5 Å². The zero-order chi connectivity index (χ0) is 17.4. The van der Waals surface area contributed by atoms with Gasteiger partial charge in [0.2, 0.25) is 11.8 Å². The van der Waals surface area contributed by atoms with Gasteiger partial charge in [-0.3, -0.25) is 9.59 Å². The van der Waals surface area contributed by atoms with Gasteiger partial charge in [0.1, 0.15) is 5.54 Å². The highest BCUT2D eigenvalue weighted by Crippen LogP contribution is 2.32. The van der Waals surface area contributed by atoms with Crippen LogP contribution in [0.2, 0.25) is 0 Å². The minimum atomic E-state index is -0.721. The van der Waals surface area contributed by atoms with Crippen LogP contribution < -0.4 is 10.2 Å². The highest BCUT2D eigenvalue weighted by Gasteiger charge is 2.41. The van der Waals surface area contributed by atoms with Gasteiger partial charge in [0, 0.05) is 18.7 Å². The number of hydrogen-bond acceptors (Lipinski definition) is 3. The number of hydrogen-bond donors (Lipinski definition) is 1. The molecule has 0 bridgehead atoms. The highest BCUT2D eigenvalue weighted by atomic mass is 16.2.